The van der Waals surface area contributed by atoms with Gasteiger partial charge in [-0.15, -0.1) is 0 Å². The number of halogens is 4. The van der Waals surface area contributed by atoms with E-state index in [0.717, 1.165) is 11.6 Å². The van der Waals surface area contributed by atoms with Gasteiger partial charge in [-0.2, -0.15) is 13.2 Å². The van der Waals surface area contributed by atoms with Crippen LogP contribution in [0.4, 0.5) is 17.6 Å². The topological polar surface area (TPSA) is 115 Å². The number of aryl methyl sites for hydroxylation is 1. The minimum Gasteiger partial charge on any atom is -0.374 e. The van der Waals surface area contributed by atoms with E-state index in [4.69, 9.17) is 12.2 Å². The normalized spacial score (nSPS) is 17.8. The van der Waals surface area contributed by atoms with Crippen LogP contribution in [0.1, 0.15) is 74.9 Å². The smallest absolute Gasteiger partial charge is 0.374 e. The van der Waals surface area contributed by atoms with Crippen LogP contribution in [0.2, 0.25) is 0 Å². The summed E-state index contributed by atoms with van der Waals surface area (Å²) in [5, 5.41) is 12.4. The van der Waals surface area contributed by atoms with Gasteiger partial charge < -0.3 is 26.3 Å². The fourth-order valence-electron chi connectivity index (χ4n) is 7.00. The van der Waals surface area contributed by atoms with E-state index in [0.29, 0.717) is 41.0 Å². The number of benzene rings is 3. The zero-order valence-electron chi connectivity index (χ0n) is 30.8. The molecule has 1 heterocycles. The number of para-hydroxylation sites is 1. The van der Waals surface area contributed by atoms with E-state index < -0.39 is 52.9 Å². The molecule has 54 heavy (non-hydrogen) atoms. The summed E-state index contributed by atoms with van der Waals surface area (Å²) in [7, 11) is 0. The van der Waals surface area contributed by atoms with Crippen LogP contribution in [0.15, 0.2) is 72.8 Å². The number of alkyl halides is 3. The maximum atomic E-state index is 14.8. The summed E-state index contributed by atoms with van der Waals surface area (Å²) >= 11 is 5.83. The minimum atomic E-state index is -4.62. The first kappa shape index (κ1) is 40.4. The van der Waals surface area contributed by atoms with E-state index >= 15 is 0 Å². The number of amides is 3. The molecule has 1 aliphatic carbocycles. The lowest BCUT2D eigenvalue weighted by atomic mass is 9.78. The third kappa shape index (κ3) is 9.11. The summed E-state index contributed by atoms with van der Waals surface area (Å²) < 4.78 is 56.7. The van der Waals surface area contributed by atoms with Gasteiger partial charge in [0.15, 0.2) is 0 Å². The van der Waals surface area contributed by atoms with Crippen LogP contribution in [0, 0.1) is 17.7 Å². The van der Waals surface area contributed by atoms with Gasteiger partial charge in [0.25, 0.3) is 0 Å². The first-order chi connectivity index (χ1) is 25.7. The van der Waals surface area contributed by atoms with E-state index in [9.17, 15) is 31.9 Å². The van der Waals surface area contributed by atoms with Crippen molar-refractivity contribution in [2.75, 3.05) is 0 Å². The van der Waals surface area contributed by atoms with Crippen LogP contribution in [0.25, 0.3) is 10.9 Å². The number of fused-ring (bicyclic) bond motifs is 3. The molecule has 0 aliphatic heterocycles. The van der Waals surface area contributed by atoms with Gasteiger partial charge in [-0.25, -0.2) is 4.39 Å². The molecule has 5 atom stereocenters. The zero-order chi connectivity index (χ0) is 39.2. The van der Waals surface area contributed by atoms with Gasteiger partial charge in [-0.05, 0) is 53.5 Å². The van der Waals surface area contributed by atoms with Gasteiger partial charge >= 0.3 is 6.18 Å². The Morgan fingerprint density at radius 1 is 0.889 bits per heavy atom. The third-order valence-electron chi connectivity index (χ3n) is 10.6. The molecular weight excluding hydrogens is 719 g/mol. The van der Waals surface area contributed by atoms with Crippen molar-refractivity contribution >= 4 is 45.8 Å². The van der Waals surface area contributed by atoms with Crippen LogP contribution >= 0.6 is 12.2 Å². The number of rotatable bonds is 14. The average Bonchev–Trinajstić information content (AvgIpc) is 3.52. The number of nitrogens with one attached hydrogen (secondary N) is 5. The molecule has 3 amide bonds. The van der Waals surface area contributed by atoms with Gasteiger partial charge in [-0.1, -0.05) is 113 Å². The van der Waals surface area contributed by atoms with Crippen molar-refractivity contribution in [2.24, 2.45) is 11.8 Å². The molecule has 1 aliphatic rings. The number of aromatic nitrogens is 1. The van der Waals surface area contributed by atoms with E-state index in [1.165, 1.54) is 24.3 Å². The van der Waals surface area contributed by atoms with Crippen LogP contribution in [0.5, 0.6) is 0 Å². The van der Waals surface area contributed by atoms with Crippen molar-refractivity contribution in [2.45, 2.75) is 96.6 Å². The second kappa shape index (κ2) is 17.1. The highest BCUT2D eigenvalue weighted by Gasteiger charge is 2.47. The molecule has 0 fully saturated rings. The number of hydrogen-bond acceptors (Lipinski definition) is 4. The molecule has 8 nitrogen and oxygen atoms in total. The maximum absolute atomic E-state index is 14.8. The van der Waals surface area contributed by atoms with Gasteiger partial charge in [0, 0.05) is 24.0 Å². The van der Waals surface area contributed by atoms with Crippen molar-refractivity contribution in [1.82, 2.24) is 26.3 Å². The Morgan fingerprint density at radius 3 is 2.22 bits per heavy atom. The van der Waals surface area contributed by atoms with E-state index in [2.05, 4.69) is 26.3 Å². The van der Waals surface area contributed by atoms with Crippen LogP contribution in [-0.2, 0) is 46.4 Å². The molecule has 4 aromatic rings. The van der Waals surface area contributed by atoms with Crippen LogP contribution < -0.4 is 21.3 Å². The molecule has 288 valence electrons. The zero-order valence-corrected chi connectivity index (χ0v) is 31.6. The van der Waals surface area contributed by atoms with Crippen molar-refractivity contribution in [1.29, 1.82) is 0 Å². The first-order valence-corrected chi connectivity index (χ1v) is 18.7. The minimum absolute atomic E-state index is 0.0551. The molecule has 0 radical (unpaired) electrons. The fraction of sp³-hybridized carbons (Fsp3) is 0.415. The lowest BCUT2D eigenvalue weighted by Gasteiger charge is -2.40. The van der Waals surface area contributed by atoms with Gasteiger partial charge in [0.05, 0.1) is 28.5 Å². The van der Waals surface area contributed by atoms with E-state index in [1.54, 1.807) is 19.1 Å². The highest BCUT2D eigenvalue weighted by atomic mass is 32.1. The Balaban J connectivity index is 1.49. The lowest BCUT2D eigenvalue weighted by molar-refractivity contribution is -0.137. The van der Waals surface area contributed by atoms with Crippen LogP contribution in [0.3, 0.4) is 0 Å². The van der Waals surface area contributed by atoms with Crippen molar-refractivity contribution < 1.29 is 31.9 Å². The summed E-state index contributed by atoms with van der Waals surface area (Å²) in [6.45, 7) is 7.99. The summed E-state index contributed by atoms with van der Waals surface area (Å²) in [5.74, 6) is -2.81. The highest BCUT2D eigenvalue weighted by molar-refractivity contribution is 7.80. The highest BCUT2D eigenvalue weighted by Crippen LogP contribution is 2.40. The predicted molar refractivity (Wildman–Crippen MR) is 205 cm³/mol. The molecule has 13 heteroatoms. The molecule has 0 bridgehead atoms. The SMILES string of the molecule is CCC(C)[C@H](NC(=O)Cc1ccccc1F)C(=O)N[C@]1(C(=O)NC(C(=S)NCc2ccccc2)[C@@H](C)CC)CCc2[nH]c3c(C(F)(F)F)cccc3c2C1. The second-order valence-corrected chi connectivity index (χ2v) is 14.7. The quantitative estimate of drug-likeness (QED) is 0.0695. The monoisotopic (exact) mass is 765 g/mol. The molecular formula is C41H47F4N5O3S. The third-order valence-corrected chi connectivity index (χ3v) is 11.0. The van der Waals surface area contributed by atoms with Gasteiger partial charge in [-0.3, -0.25) is 14.4 Å². The Bertz CT molecular complexity index is 1980. The van der Waals surface area contributed by atoms with Crippen molar-refractivity contribution in [3.63, 3.8) is 0 Å². The molecule has 3 aromatic carbocycles. The molecule has 2 unspecified atom stereocenters. The van der Waals surface area contributed by atoms with Crippen LogP contribution in [-0.4, -0.2) is 45.3 Å². The summed E-state index contributed by atoms with van der Waals surface area (Å²) in [6, 6.07) is 17.7. The number of carbonyl (C=O) groups excluding carboxylic acids is 3. The average molecular weight is 766 g/mol. The molecule has 5 rings (SSSR count). The predicted octanol–water partition coefficient (Wildman–Crippen LogP) is 7.09. The molecule has 1 aromatic heterocycles. The Labute approximate surface area is 318 Å². The van der Waals surface area contributed by atoms with Gasteiger partial charge in [0.1, 0.15) is 17.4 Å². The lowest BCUT2D eigenvalue weighted by Crippen LogP contribution is -2.67. The van der Waals surface area contributed by atoms with Crippen molar-refractivity contribution in [3.05, 3.63) is 107 Å². The first-order valence-electron chi connectivity index (χ1n) is 18.3. The number of thiocarbonyl (C=S) groups is 1. The molecule has 0 saturated heterocycles. The maximum Gasteiger partial charge on any atom is 0.418 e. The Kier molecular flexibility index (Phi) is 12.8. The largest absolute Gasteiger partial charge is 0.418 e. The number of carbonyl (C=O) groups is 3. The standard InChI is InChI=1S/C41H47F4N5O3S/c1-5-24(3)34(48-33(51)21-27-15-10-11-18-31(27)42)37(52)50-40(20-19-32-29(22-40)28-16-12-17-30(36(28)47-32)41(43,44)45)39(53)49-35(25(4)6-2)38(54)46-23-26-13-8-7-9-14-26/h7-18,24-25,34-35,47H,5-6,19-23H2,1-4H3,(H,46,54)(H,48,51)(H,49,53)(H,50,52)/t24?,25-,34-,35?,40+/m0/s1. The summed E-state index contributed by atoms with van der Waals surface area (Å²) in [6.07, 6.45) is -3.67. The molecule has 0 saturated carbocycles. The van der Waals surface area contributed by atoms with E-state index in [-0.39, 0.29) is 48.6 Å². The Morgan fingerprint density at radius 2 is 1.56 bits per heavy atom. The van der Waals surface area contributed by atoms with E-state index in [1.807, 2.05) is 51.1 Å². The molecule has 5 N–H and O–H groups in total. The summed E-state index contributed by atoms with van der Waals surface area (Å²) in [4.78, 5) is 45.8. The fourth-order valence-corrected chi connectivity index (χ4v) is 7.36. The number of aromatic amines is 1. The second-order valence-electron chi connectivity index (χ2n) is 14.3. The van der Waals surface area contributed by atoms with Gasteiger partial charge in [0.2, 0.25) is 17.7 Å². The Hall–Kier alpha value is -4.78. The molecule has 0 spiro atoms. The number of hydrogen-bond donors (Lipinski definition) is 5. The van der Waals surface area contributed by atoms with Crippen molar-refractivity contribution in [3.8, 4) is 0 Å². The summed E-state index contributed by atoms with van der Waals surface area (Å²) in [5.41, 5.74) is -0.339. The number of H-pyrrole nitrogens is 1.